The van der Waals surface area contributed by atoms with Gasteiger partial charge in [0.05, 0.1) is 4.92 Å². The molecule has 0 saturated heterocycles. The highest BCUT2D eigenvalue weighted by molar-refractivity contribution is 5.90. The summed E-state index contributed by atoms with van der Waals surface area (Å²) in [6.07, 6.45) is 0.243. The number of urea groups is 1. The minimum atomic E-state index is -1.47. The van der Waals surface area contributed by atoms with Gasteiger partial charge in [0, 0.05) is 25.7 Å². The monoisotopic (exact) mass is 292 g/mol. The van der Waals surface area contributed by atoms with Crippen molar-refractivity contribution < 1.29 is 19.6 Å². The van der Waals surface area contributed by atoms with Crippen molar-refractivity contribution in [1.82, 2.24) is 9.80 Å². The number of carbonyl (C=O) groups excluding carboxylic acids is 1. The molecule has 0 aliphatic heterocycles. The smallest absolute Gasteiger partial charge is 0.415 e. The Balaban J connectivity index is 2.74. The molecule has 0 heterocycles. The lowest BCUT2D eigenvalue weighted by molar-refractivity contribution is -0.384. The molecule has 0 radical (unpaired) electrons. The molecule has 110 valence electrons. The standard InChI is InChI=1S/C12H12N4O5/c1-14(8-13)11(17)15(12(18)19)7-6-9-2-4-10(5-3-9)16(20)21/h2-5H,6-7H2,1H3,(H,18,19). The fraction of sp³-hybridized carbons (Fsp3) is 0.250. The van der Waals surface area contributed by atoms with Gasteiger partial charge in [-0.15, -0.1) is 0 Å². The molecule has 0 atom stereocenters. The Morgan fingerprint density at radius 1 is 1.38 bits per heavy atom. The summed E-state index contributed by atoms with van der Waals surface area (Å²) in [7, 11) is 1.16. The Kier molecular flexibility index (Phi) is 5.19. The number of nitro groups is 1. The molecule has 1 aromatic rings. The van der Waals surface area contributed by atoms with Gasteiger partial charge in [-0.05, 0) is 12.0 Å². The number of benzene rings is 1. The average molecular weight is 292 g/mol. The summed E-state index contributed by atoms with van der Waals surface area (Å²) in [6.45, 7) is -0.155. The van der Waals surface area contributed by atoms with Crippen LogP contribution in [0.25, 0.3) is 0 Å². The Bertz CT molecular complexity index is 593. The molecule has 1 aromatic carbocycles. The third-order valence-electron chi connectivity index (χ3n) is 2.67. The summed E-state index contributed by atoms with van der Waals surface area (Å²) in [4.78, 5) is 33.7. The van der Waals surface area contributed by atoms with E-state index in [1.165, 1.54) is 30.5 Å². The largest absolute Gasteiger partial charge is 0.465 e. The van der Waals surface area contributed by atoms with Crippen molar-refractivity contribution in [2.75, 3.05) is 13.6 Å². The number of nitriles is 1. The molecule has 21 heavy (non-hydrogen) atoms. The highest BCUT2D eigenvalue weighted by Gasteiger charge is 2.23. The number of imide groups is 1. The first-order valence-corrected chi connectivity index (χ1v) is 5.78. The fourth-order valence-electron chi connectivity index (χ4n) is 1.52. The third-order valence-corrected chi connectivity index (χ3v) is 2.67. The number of hydrogen-bond acceptors (Lipinski definition) is 5. The van der Waals surface area contributed by atoms with Gasteiger partial charge in [-0.3, -0.25) is 10.1 Å². The summed E-state index contributed by atoms with van der Waals surface area (Å²) in [5.41, 5.74) is 0.563. The zero-order valence-corrected chi connectivity index (χ0v) is 11.1. The zero-order valence-electron chi connectivity index (χ0n) is 11.1. The minimum Gasteiger partial charge on any atom is -0.465 e. The second-order valence-electron chi connectivity index (χ2n) is 4.05. The van der Waals surface area contributed by atoms with Crippen LogP contribution in [-0.4, -0.2) is 45.5 Å². The lowest BCUT2D eigenvalue weighted by atomic mass is 10.1. The SMILES string of the molecule is CN(C#N)C(=O)N(CCc1ccc([N+](=O)[O-])cc1)C(=O)O. The number of amides is 3. The van der Waals surface area contributed by atoms with Gasteiger partial charge in [0.2, 0.25) is 0 Å². The van der Waals surface area contributed by atoms with Crippen LogP contribution in [0.5, 0.6) is 0 Å². The number of carboxylic acid groups (broad SMARTS) is 1. The normalized spacial score (nSPS) is 9.52. The van der Waals surface area contributed by atoms with E-state index in [2.05, 4.69) is 0 Å². The predicted octanol–water partition coefficient (Wildman–Crippen LogP) is 1.65. The van der Waals surface area contributed by atoms with Crippen LogP contribution in [0.2, 0.25) is 0 Å². The van der Waals surface area contributed by atoms with Crippen LogP contribution in [0.15, 0.2) is 24.3 Å². The van der Waals surface area contributed by atoms with E-state index in [9.17, 15) is 19.7 Å². The lowest BCUT2D eigenvalue weighted by Crippen LogP contribution is -2.43. The van der Waals surface area contributed by atoms with Crippen LogP contribution in [0.3, 0.4) is 0 Å². The van der Waals surface area contributed by atoms with Gasteiger partial charge >= 0.3 is 12.1 Å². The number of carbonyl (C=O) groups is 2. The highest BCUT2D eigenvalue weighted by atomic mass is 16.6. The maximum absolute atomic E-state index is 11.6. The summed E-state index contributed by atoms with van der Waals surface area (Å²) in [6, 6.07) is 4.60. The van der Waals surface area contributed by atoms with E-state index in [-0.39, 0.29) is 18.7 Å². The van der Waals surface area contributed by atoms with Crippen LogP contribution in [0.4, 0.5) is 15.3 Å². The Hall–Kier alpha value is -3.15. The van der Waals surface area contributed by atoms with E-state index in [1.807, 2.05) is 0 Å². The van der Waals surface area contributed by atoms with E-state index in [0.29, 0.717) is 15.4 Å². The molecule has 0 aliphatic carbocycles. The quantitative estimate of drug-likeness (QED) is 0.389. The Labute approximate surface area is 119 Å². The molecule has 0 bridgehead atoms. The van der Waals surface area contributed by atoms with Gasteiger partial charge in [-0.1, -0.05) is 12.1 Å². The predicted molar refractivity (Wildman–Crippen MR) is 70.3 cm³/mol. The average Bonchev–Trinajstić information content (AvgIpc) is 2.46. The third kappa shape index (κ3) is 4.17. The van der Waals surface area contributed by atoms with Gasteiger partial charge in [0.1, 0.15) is 0 Å². The first kappa shape index (κ1) is 15.9. The lowest BCUT2D eigenvalue weighted by Gasteiger charge is -2.19. The van der Waals surface area contributed by atoms with Gasteiger partial charge in [-0.2, -0.15) is 5.26 Å². The molecular weight excluding hydrogens is 280 g/mol. The van der Waals surface area contributed by atoms with Gasteiger partial charge in [-0.25, -0.2) is 19.4 Å². The van der Waals surface area contributed by atoms with E-state index < -0.39 is 17.0 Å². The molecule has 0 aromatic heterocycles. The van der Waals surface area contributed by atoms with Gasteiger partial charge < -0.3 is 5.11 Å². The van der Waals surface area contributed by atoms with Gasteiger partial charge in [0.15, 0.2) is 6.19 Å². The van der Waals surface area contributed by atoms with Crippen molar-refractivity contribution in [3.63, 3.8) is 0 Å². The summed E-state index contributed by atoms with van der Waals surface area (Å²) < 4.78 is 0. The summed E-state index contributed by atoms with van der Waals surface area (Å²) in [5, 5.41) is 28.0. The van der Waals surface area contributed by atoms with Crippen molar-refractivity contribution in [1.29, 1.82) is 5.26 Å². The first-order chi connectivity index (χ1) is 9.86. The molecule has 0 unspecified atom stereocenters. The van der Waals surface area contributed by atoms with Crippen LogP contribution >= 0.6 is 0 Å². The van der Waals surface area contributed by atoms with Crippen LogP contribution in [-0.2, 0) is 6.42 Å². The summed E-state index contributed by atoms with van der Waals surface area (Å²) >= 11 is 0. The van der Waals surface area contributed by atoms with E-state index >= 15 is 0 Å². The van der Waals surface area contributed by atoms with Crippen LogP contribution < -0.4 is 0 Å². The zero-order chi connectivity index (χ0) is 16.0. The van der Waals surface area contributed by atoms with Crippen LogP contribution in [0, 0.1) is 21.6 Å². The second kappa shape index (κ2) is 6.85. The molecule has 0 aliphatic rings. The molecule has 0 saturated carbocycles. The molecular formula is C12H12N4O5. The number of rotatable bonds is 4. The maximum Gasteiger partial charge on any atom is 0.415 e. The number of non-ortho nitro benzene ring substituents is 1. The van der Waals surface area contributed by atoms with Crippen molar-refractivity contribution in [3.05, 3.63) is 39.9 Å². The Morgan fingerprint density at radius 3 is 2.38 bits per heavy atom. The van der Waals surface area contributed by atoms with Crippen molar-refractivity contribution >= 4 is 17.8 Å². The molecule has 1 rings (SSSR count). The van der Waals surface area contributed by atoms with Gasteiger partial charge in [0.25, 0.3) is 5.69 Å². The molecule has 0 fully saturated rings. The summed E-state index contributed by atoms with van der Waals surface area (Å²) in [5.74, 6) is 0. The van der Waals surface area contributed by atoms with Crippen molar-refractivity contribution in [2.45, 2.75) is 6.42 Å². The van der Waals surface area contributed by atoms with E-state index in [0.717, 1.165) is 7.05 Å². The first-order valence-electron chi connectivity index (χ1n) is 5.78. The highest BCUT2D eigenvalue weighted by Crippen LogP contribution is 2.13. The van der Waals surface area contributed by atoms with E-state index in [4.69, 9.17) is 10.4 Å². The number of hydrogen-bond donors (Lipinski definition) is 1. The molecule has 1 N–H and O–H groups in total. The van der Waals surface area contributed by atoms with Crippen molar-refractivity contribution in [3.8, 4) is 6.19 Å². The number of nitrogens with zero attached hydrogens (tertiary/aromatic N) is 4. The number of nitro benzene ring substituents is 1. The molecule has 3 amide bonds. The molecule has 9 heteroatoms. The van der Waals surface area contributed by atoms with Crippen LogP contribution in [0.1, 0.15) is 5.56 Å². The fourth-order valence-corrected chi connectivity index (χ4v) is 1.52. The van der Waals surface area contributed by atoms with E-state index in [1.54, 1.807) is 0 Å². The minimum absolute atomic E-state index is 0.0749. The maximum atomic E-state index is 11.6. The molecule has 0 spiro atoms. The topological polar surface area (TPSA) is 128 Å². The Morgan fingerprint density at radius 2 is 1.95 bits per heavy atom. The second-order valence-corrected chi connectivity index (χ2v) is 4.05. The van der Waals surface area contributed by atoms with Crippen molar-refractivity contribution in [2.24, 2.45) is 0 Å². The molecule has 9 nitrogen and oxygen atoms in total.